The van der Waals surface area contributed by atoms with Gasteiger partial charge in [0.15, 0.2) is 5.75 Å². The molecule has 0 saturated carbocycles. The van der Waals surface area contributed by atoms with E-state index in [0.717, 1.165) is 6.07 Å². The Morgan fingerprint density at radius 3 is 2.32 bits per heavy atom. The molecule has 7 nitrogen and oxygen atoms in total. The second kappa shape index (κ2) is 6.04. The van der Waals surface area contributed by atoms with Gasteiger partial charge >= 0.3 is 5.97 Å². The van der Waals surface area contributed by atoms with Gasteiger partial charge < -0.3 is 15.2 Å². The number of sulfonamides is 1. The Morgan fingerprint density at radius 2 is 1.77 bits per heavy atom. The lowest BCUT2D eigenvalue weighted by Crippen LogP contribution is -2.16. The monoisotopic (exact) mass is 322 g/mol. The van der Waals surface area contributed by atoms with Gasteiger partial charge in [0.05, 0.1) is 18.4 Å². The van der Waals surface area contributed by atoms with Gasteiger partial charge in [0.1, 0.15) is 10.6 Å². The molecule has 0 atom stereocenters. The van der Waals surface area contributed by atoms with Gasteiger partial charge in [-0.2, -0.15) is 0 Å². The molecule has 8 heteroatoms. The zero-order valence-corrected chi connectivity index (χ0v) is 12.5. The molecule has 0 fully saturated rings. The highest BCUT2D eigenvalue weighted by Gasteiger charge is 2.22. The first-order valence-electron chi connectivity index (χ1n) is 6.10. The number of esters is 1. The van der Waals surface area contributed by atoms with Crippen LogP contribution in [0.15, 0.2) is 47.4 Å². The zero-order chi connectivity index (χ0) is 16.3. The minimum absolute atomic E-state index is 0.0376. The number of primary sulfonamides is 1. The van der Waals surface area contributed by atoms with Crippen LogP contribution in [-0.4, -0.2) is 21.5 Å². The maximum absolute atomic E-state index is 11.7. The van der Waals surface area contributed by atoms with E-state index in [1.54, 1.807) is 30.3 Å². The maximum Gasteiger partial charge on any atom is 0.337 e. The Kier molecular flexibility index (Phi) is 4.34. The van der Waals surface area contributed by atoms with Crippen molar-refractivity contribution in [3.63, 3.8) is 0 Å². The second-order valence-corrected chi connectivity index (χ2v) is 5.87. The van der Waals surface area contributed by atoms with Crippen LogP contribution in [0.25, 0.3) is 0 Å². The van der Waals surface area contributed by atoms with Gasteiger partial charge in [-0.05, 0) is 24.3 Å². The molecule has 0 aliphatic carbocycles. The summed E-state index contributed by atoms with van der Waals surface area (Å²) in [4.78, 5) is 11.2. The van der Waals surface area contributed by atoms with Crippen LogP contribution in [0.4, 0.5) is 5.69 Å². The summed E-state index contributed by atoms with van der Waals surface area (Å²) in [6.07, 6.45) is 0. The van der Waals surface area contributed by atoms with Gasteiger partial charge in [-0.25, -0.2) is 18.4 Å². The second-order valence-electron chi connectivity index (χ2n) is 4.34. The average Bonchev–Trinajstić information content (AvgIpc) is 2.48. The number of methoxy groups -OCH3 is 1. The molecule has 0 aliphatic heterocycles. The third-order valence-electron chi connectivity index (χ3n) is 2.77. The van der Waals surface area contributed by atoms with Crippen molar-refractivity contribution in [2.24, 2.45) is 5.14 Å². The van der Waals surface area contributed by atoms with Crippen LogP contribution in [0.5, 0.6) is 11.5 Å². The summed E-state index contributed by atoms with van der Waals surface area (Å²) in [6, 6.07) is 10.8. The topological polar surface area (TPSA) is 122 Å². The molecule has 0 aromatic heterocycles. The molecule has 116 valence electrons. The van der Waals surface area contributed by atoms with E-state index >= 15 is 0 Å². The Hall–Kier alpha value is -2.58. The van der Waals surface area contributed by atoms with E-state index in [-0.39, 0.29) is 17.0 Å². The predicted molar refractivity (Wildman–Crippen MR) is 80.1 cm³/mol. The third kappa shape index (κ3) is 3.35. The first-order valence-corrected chi connectivity index (χ1v) is 7.65. The van der Waals surface area contributed by atoms with Gasteiger partial charge in [-0.15, -0.1) is 0 Å². The standard InChI is InChI=1S/C14H14N2O5S/c1-20-14(17)9-7-11(15)13(12(8-9)22(16,18)19)21-10-5-3-2-4-6-10/h2-8H,15H2,1H3,(H2,16,18,19). The van der Waals surface area contributed by atoms with E-state index in [1.807, 2.05) is 0 Å². The number of ether oxygens (including phenoxy) is 2. The minimum Gasteiger partial charge on any atom is -0.465 e. The van der Waals surface area contributed by atoms with E-state index in [1.165, 1.54) is 13.2 Å². The fraction of sp³-hybridized carbons (Fsp3) is 0.0714. The summed E-state index contributed by atoms with van der Waals surface area (Å²) >= 11 is 0. The molecular weight excluding hydrogens is 308 g/mol. The number of benzene rings is 2. The molecule has 4 N–H and O–H groups in total. The third-order valence-corrected chi connectivity index (χ3v) is 3.69. The summed E-state index contributed by atoms with van der Waals surface area (Å²) in [5.41, 5.74) is 5.72. The number of para-hydroxylation sites is 1. The van der Waals surface area contributed by atoms with Crippen LogP contribution in [0.1, 0.15) is 10.4 Å². The number of carbonyl (C=O) groups excluding carboxylic acids is 1. The number of rotatable bonds is 4. The van der Waals surface area contributed by atoms with Crippen LogP contribution in [0.2, 0.25) is 0 Å². The summed E-state index contributed by atoms with van der Waals surface area (Å²) in [5.74, 6) is -0.492. The molecule has 0 aliphatic rings. The molecule has 0 spiro atoms. The van der Waals surface area contributed by atoms with Crippen molar-refractivity contribution in [3.05, 3.63) is 48.0 Å². The van der Waals surface area contributed by atoms with Crippen molar-refractivity contribution in [2.75, 3.05) is 12.8 Å². The van der Waals surface area contributed by atoms with Crippen LogP contribution in [-0.2, 0) is 14.8 Å². The number of carbonyl (C=O) groups is 1. The van der Waals surface area contributed by atoms with Crippen LogP contribution >= 0.6 is 0 Å². The molecule has 0 saturated heterocycles. The van der Waals surface area contributed by atoms with Crippen molar-refractivity contribution in [3.8, 4) is 11.5 Å². The lowest BCUT2D eigenvalue weighted by Gasteiger charge is -2.13. The molecule has 0 amide bonds. The zero-order valence-electron chi connectivity index (χ0n) is 11.6. The summed E-state index contributed by atoms with van der Waals surface area (Å²) < 4.78 is 33.5. The van der Waals surface area contributed by atoms with Crippen molar-refractivity contribution in [2.45, 2.75) is 4.90 Å². The highest BCUT2D eigenvalue weighted by molar-refractivity contribution is 7.89. The van der Waals surface area contributed by atoms with E-state index in [9.17, 15) is 13.2 Å². The molecule has 0 heterocycles. The molecule has 22 heavy (non-hydrogen) atoms. The summed E-state index contributed by atoms with van der Waals surface area (Å²) in [6.45, 7) is 0. The fourth-order valence-electron chi connectivity index (χ4n) is 1.79. The smallest absolute Gasteiger partial charge is 0.337 e. The van der Waals surface area contributed by atoms with Gasteiger partial charge in [-0.3, -0.25) is 0 Å². The fourth-order valence-corrected chi connectivity index (χ4v) is 2.50. The predicted octanol–water partition coefficient (Wildman–Crippen LogP) is 1.50. The Morgan fingerprint density at radius 1 is 1.14 bits per heavy atom. The molecule has 2 aromatic carbocycles. The van der Waals surface area contributed by atoms with Gasteiger partial charge in [-0.1, -0.05) is 18.2 Å². The molecule has 2 rings (SSSR count). The lowest BCUT2D eigenvalue weighted by molar-refractivity contribution is 0.0600. The largest absolute Gasteiger partial charge is 0.465 e. The van der Waals surface area contributed by atoms with Crippen LogP contribution in [0, 0.1) is 0 Å². The molecule has 0 radical (unpaired) electrons. The minimum atomic E-state index is -4.15. The Bertz CT molecular complexity index is 803. The number of nitrogens with two attached hydrogens (primary N) is 2. The Labute approximate surface area is 127 Å². The van der Waals surface area contributed by atoms with Crippen LogP contribution < -0.4 is 15.6 Å². The first-order chi connectivity index (χ1) is 10.3. The number of anilines is 1. The number of hydrogen-bond donors (Lipinski definition) is 2. The van der Waals surface area contributed by atoms with Crippen molar-refractivity contribution < 1.29 is 22.7 Å². The van der Waals surface area contributed by atoms with Gasteiger partial charge in [0, 0.05) is 0 Å². The highest BCUT2D eigenvalue weighted by atomic mass is 32.2. The number of nitrogen functional groups attached to an aromatic ring is 1. The van der Waals surface area contributed by atoms with Gasteiger partial charge in [0.2, 0.25) is 10.0 Å². The van der Waals surface area contributed by atoms with Crippen molar-refractivity contribution >= 4 is 21.7 Å². The van der Waals surface area contributed by atoms with E-state index in [2.05, 4.69) is 4.74 Å². The Balaban J connectivity index is 2.60. The summed E-state index contributed by atoms with van der Waals surface area (Å²) in [7, 11) is -2.98. The number of hydrogen-bond acceptors (Lipinski definition) is 6. The van der Waals surface area contributed by atoms with E-state index < -0.39 is 20.9 Å². The lowest BCUT2D eigenvalue weighted by atomic mass is 10.2. The molecule has 0 bridgehead atoms. The van der Waals surface area contributed by atoms with E-state index in [4.69, 9.17) is 15.6 Å². The molecule has 0 unspecified atom stereocenters. The van der Waals surface area contributed by atoms with Crippen LogP contribution in [0.3, 0.4) is 0 Å². The normalized spacial score (nSPS) is 11.0. The van der Waals surface area contributed by atoms with E-state index in [0.29, 0.717) is 5.75 Å². The molecule has 2 aromatic rings. The maximum atomic E-state index is 11.7. The molecular formula is C14H14N2O5S. The van der Waals surface area contributed by atoms with Crippen molar-refractivity contribution in [1.82, 2.24) is 0 Å². The SMILES string of the molecule is COC(=O)c1cc(N)c(Oc2ccccc2)c(S(N)(=O)=O)c1. The quantitative estimate of drug-likeness (QED) is 0.649. The first kappa shape index (κ1) is 15.8. The average molecular weight is 322 g/mol. The van der Waals surface area contributed by atoms with Crippen molar-refractivity contribution in [1.29, 1.82) is 0 Å². The summed E-state index contributed by atoms with van der Waals surface area (Å²) in [5, 5.41) is 5.18. The highest BCUT2D eigenvalue weighted by Crippen LogP contribution is 2.35. The van der Waals surface area contributed by atoms with Gasteiger partial charge in [0.25, 0.3) is 0 Å².